The fourth-order valence-corrected chi connectivity index (χ4v) is 1.45. The van der Waals surface area contributed by atoms with Gasteiger partial charge in [-0.25, -0.2) is 4.39 Å². The van der Waals surface area contributed by atoms with E-state index in [-0.39, 0.29) is 5.56 Å². The molecule has 0 atom stereocenters. The molecule has 7 heteroatoms. The molecule has 0 aliphatic rings. The maximum Gasteiger partial charge on any atom is 0.287 e. The minimum absolute atomic E-state index is 0.242. The van der Waals surface area contributed by atoms with Crippen LogP contribution in [0.4, 0.5) is 4.39 Å². The number of hydrogen-bond acceptors (Lipinski definition) is 3. The van der Waals surface area contributed by atoms with Gasteiger partial charge in [-0.2, -0.15) is 5.10 Å². The highest BCUT2D eigenvalue weighted by atomic mass is 19.1. The van der Waals surface area contributed by atoms with Crippen molar-refractivity contribution in [2.24, 2.45) is 7.05 Å². The van der Waals surface area contributed by atoms with E-state index in [1.54, 1.807) is 7.05 Å². The van der Waals surface area contributed by atoms with E-state index in [4.69, 9.17) is 0 Å². The topological polar surface area (TPSA) is 76.0 Å². The number of hydrogen-bond donors (Lipinski definition) is 2. The van der Waals surface area contributed by atoms with Crippen molar-refractivity contribution in [2.45, 2.75) is 0 Å². The van der Waals surface area contributed by atoms with Crippen LogP contribution in [-0.4, -0.2) is 21.6 Å². The number of nitrogens with zero attached hydrogens (tertiary/aromatic N) is 2. The lowest BCUT2D eigenvalue weighted by molar-refractivity contribution is 0.0841. The first kappa shape index (κ1) is 12.7. The van der Waals surface area contributed by atoms with Crippen LogP contribution in [0.15, 0.2) is 36.5 Å². The molecule has 0 spiro atoms. The number of aryl methyl sites for hydroxylation is 1. The number of halogens is 1. The minimum atomic E-state index is -0.532. The second-order valence-corrected chi connectivity index (χ2v) is 3.76. The summed E-state index contributed by atoms with van der Waals surface area (Å²) in [6.07, 6.45) is 1.47. The summed E-state index contributed by atoms with van der Waals surface area (Å²) in [6, 6.07) is 6.48. The van der Waals surface area contributed by atoms with Crippen LogP contribution in [0.1, 0.15) is 20.8 Å². The third kappa shape index (κ3) is 2.95. The summed E-state index contributed by atoms with van der Waals surface area (Å²) in [7, 11) is 1.61. The van der Waals surface area contributed by atoms with Gasteiger partial charge in [0.2, 0.25) is 0 Å². The van der Waals surface area contributed by atoms with E-state index in [0.29, 0.717) is 5.69 Å². The molecule has 19 heavy (non-hydrogen) atoms. The summed E-state index contributed by atoms with van der Waals surface area (Å²) in [5.74, 6) is -1.46. The molecule has 2 rings (SSSR count). The van der Waals surface area contributed by atoms with Crippen LogP contribution in [0.25, 0.3) is 0 Å². The Bertz CT molecular complexity index is 606. The summed E-state index contributed by atoms with van der Waals surface area (Å²) < 4.78 is 14.1. The van der Waals surface area contributed by atoms with Crippen molar-refractivity contribution in [3.05, 3.63) is 53.6 Å². The molecule has 0 bridgehead atoms. The summed E-state index contributed by atoms with van der Waals surface area (Å²) in [5, 5.41) is 3.83. The molecule has 2 amide bonds. The summed E-state index contributed by atoms with van der Waals surface area (Å²) in [4.78, 5) is 23.3. The molecule has 0 aliphatic heterocycles. The molecule has 98 valence electrons. The highest BCUT2D eigenvalue weighted by Gasteiger charge is 2.11. The normalized spacial score (nSPS) is 10.0. The molecule has 0 radical (unpaired) electrons. The van der Waals surface area contributed by atoms with E-state index in [9.17, 15) is 14.0 Å². The zero-order chi connectivity index (χ0) is 13.8. The third-order valence-electron chi connectivity index (χ3n) is 2.45. The Kier molecular flexibility index (Phi) is 3.56. The number of carbonyl (C=O) groups excluding carboxylic acids is 2. The molecular formula is C12H11FN4O2. The lowest BCUT2D eigenvalue weighted by Gasteiger charge is -2.07. The molecule has 2 N–H and O–H groups in total. The SMILES string of the molecule is Cn1nccc1C(=O)NNC(=O)c1ccc(F)cc1. The molecule has 0 saturated carbocycles. The molecule has 2 aromatic rings. The summed E-state index contributed by atoms with van der Waals surface area (Å²) in [6.45, 7) is 0. The van der Waals surface area contributed by atoms with Crippen LogP contribution in [0.3, 0.4) is 0 Å². The molecule has 0 aliphatic carbocycles. The van der Waals surface area contributed by atoms with Crippen molar-refractivity contribution >= 4 is 11.8 Å². The largest absolute Gasteiger partial charge is 0.287 e. The molecule has 0 fully saturated rings. The molecule has 0 unspecified atom stereocenters. The average molecular weight is 262 g/mol. The number of amides is 2. The fourth-order valence-electron chi connectivity index (χ4n) is 1.45. The van der Waals surface area contributed by atoms with Crippen LogP contribution in [0.2, 0.25) is 0 Å². The Balaban J connectivity index is 1.96. The number of aromatic nitrogens is 2. The highest BCUT2D eigenvalue weighted by Crippen LogP contribution is 2.02. The van der Waals surface area contributed by atoms with E-state index in [1.807, 2.05) is 0 Å². The van der Waals surface area contributed by atoms with Gasteiger partial charge in [0.25, 0.3) is 11.8 Å². The Hall–Kier alpha value is -2.70. The second-order valence-electron chi connectivity index (χ2n) is 3.76. The van der Waals surface area contributed by atoms with Gasteiger partial charge in [0, 0.05) is 18.8 Å². The van der Waals surface area contributed by atoms with E-state index in [1.165, 1.54) is 29.1 Å². The predicted octanol–water partition coefficient (Wildman–Crippen LogP) is 0.634. The Labute approximate surface area is 108 Å². The Morgan fingerprint density at radius 1 is 1.11 bits per heavy atom. The van der Waals surface area contributed by atoms with Crippen molar-refractivity contribution in [2.75, 3.05) is 0 Å². The van der Waals surface area contributed by atoms with Crippen molar-refractivity contribution in [1.82, 2.24) is 20.6 Å². The minimum Gasteiger partial charge on any atom is -0.267 e. The van der Waals surface area contributed by atoms with Crippen LogP contribution < -0.4 is 10.9 Å². The van der Waals surface area contributed by atoms with Crippen LogP contribution >= 0.6 is 0 Å². The molecule has 1 aromatic heterocycles. The zero-order valence-corrected chi connectivity index (χ0v) is 10.1. The Morgan fingerprint density at radius 3 is 2.32 bits per heavy atom. The van der Waals surface area contributed by atoms with Crippen molar-refractivity contribution in [3.8, 4) is 0 Å². The average Bonchev–Trinajstić information content (AvgIpc) is 2.83. The van der Waals surface area contributed by atoms with Gasteiger partial charge in [-0.05, 0) is 30.3 Å². The number of rotatable bonds is 2. The number of hydrazine groups is 1. The highest BCUT2D eigenvalue weighted by molar-refractivity contribution is 5.98. The maximum atomic E-state index is 12.7. The lowest BCUT2D eigenvalue weighted by atomic mass is 10.2. The van der Waals surface area contributed by atoms with Gasteiger partial charge in [0.15, 0.2) is 0 Å². The van der Waals surface area contributed by atoms with Gasteiger partial charge in [-0.3, -0.25) is 25.1 Å². The molecule has 1 heterocycles. The van der Waals surface area contributed by atoms with Gasteiger partial charge in [0.1, 0.15) is 11.5 Å². The first-order valence-electron chi connectivity index (χ1n) is 5.42. The van der Waals surface area contributed by atoms with E-state index < -0.39 is 17.6 Å². The van der Waals surface area contributed by atoms with Gasteiger partial charge in [-0.15, -0.1) is 0 Å². The number of nitrogens with one attached hydrogen (secondary N) is 2. The standard InChI is InChI=1S/C12H11FN4O2/c1-17-10(6-7-14-17)12(19)16-15-11(18)8-2-4-9(13)5-3-8/h2-7H,1H3,(H,15,18)(H,16,19). The van der Waals surface area contributed by atoms with Gasteiger partial charge in [-0.1, -0.05) is 0 Å². The molecule has 1 aromatic carbocycles. The zero-order valence-electron chi connectivity index (χ0n) is 10.1. The molecular weight excluding hydrogens is 251 g/mol. The van der Waals surface area contributed by atoms with E-state index in [2.05, 4.69) is 16.0 Å². The molecule has 0 saturated heterocycles. The quantitative estimate of drug-likeness (QED) is 0.779. The second kappa shape index (κ2) is 5.30. The van der Waals surface area contributed by atoms with Gasteiger partial charge >= 0.3 is 0 Å². The smallest absolute Gasteiger partial charge is 0.267 e. The third-order valence-corrected chi connectivity index (χ3v) is 2.45. The van der Waals surface area contributed by atoms with E-state index in [0.717, 1.165) is 12.1 Å². The van der Waals surface area contributed by atoms with Crippen LogP contribution in [0, 0.1) is 5.82 Å². The Morgan fingerprint density at radius 2 is 1.74 bits per heavy atom. The monoisotopic (exact) mass is 262 g/mol. The van der Waals surface area contributed by atoms with Crippen molar-refractivity contribution in [1.29, 1.82) is 0 Å². The first-order valence-corrected chi connectivity index (χ1v) is 5.42. The van der Waals surface area contributed by atoms with Gasteiger partial charge in [0.05, 0.1) is 0 Å². The molecule has 6 nitrogen and oxygen atoms in total. The van der Waals surface area contributed by atoms with E-state index >= 15 is 0 Å². The number of carbonyl (C=O) groups is 2. The fraction of sp³-hybridized carbons (Fsp3) is 0.0833. The predicted molar refractivity (Wildman–Crippen MR) is 64.5 cm³/mol. The first-order chi connectivity index (χ1) is 9.08. The van der Waals surface area contributed by atoms with Crippen molar-refractivity contribution < 1.29 is 14.0 Å². The van der Waals surface area contributed by atoms with Crippen LogP contribution in [-0.2, 0) is 7.05 Å². The van der Waals surface area contributed by atoms with Gasteiger partial charge < -0.3 is 0 Å². The summed E-state index contributed by atoms with van der Waals surface area (Å²) >= 11 is 0. The lowest BCUT2D eigenvalue weighted by Crippen LogP contribution is -2.42. The number of benzene rings is 1. The maximum absolute atomic E-state index is 12.7. The summed E-state index contributed by atoms with van der Waals surface area (Å²) in [5.41, 5.74) is 5.02. The van der Waals surface area contributed by atoms with Crippen molar-refractivity contribution in [3.63, 3.8) is 0 Å². The van der Waals surface area contributed by atoms with Crippen LogP contribution in [0.5, 0.6) is 0 Å².